The summed E-state index contributed by atoms with van der Waals surface area (Å²) in [6, 6.07) is 68.8. The van der Waals surface area contributed by atoms with Crippen LogP contribution in [0.15, 0.2) is 199 Å². The second kappa shape index (κ2) is 22.0. The molecule has 13 heteroatoms. The van der Waals surface area contributed by atoms with Gasteiger partial charge in [-0.3, -0.25) is 0 Å². The Hall–Kier alpha value is -6.14. The number of rotatable bonds is 6. The zero-order valence-electron chi connectivity index (χ0n) is 47.5. The molecule has 0 saturated carbocycles. The molecule has 405 valence electrons. The van der Waals surface area contributed by atoms with Crippen molar-refractivity contribution in [1.82, 2.24) is 9.13 Å². The van der Waals surface area contributed by atoms with E-state index in [0.29, 0.717) is 0 Å². The fourth-order valence-electron chi connectivity index (χ4n) is 10.5. The van der Waals surface area contributed by atoms with Crippen molar-refractivity contribution >= 4 is 94.6 Å². The topological polar surface area (TPSA) is 65.2 Å². The highest BCUT2D eigenvalue weighted by molar-refractivity contribution is 9.10. The highest BCUT2D eigenvalue weighted by Gasteiger charge is 2.63. The molecule has 3 aliphatic rings. The largest absolute Gasteiger partial charge is 0.494 e. The Morgan fingerprint density at radius 2 is 0.637 bits per heavy atom. The van der Waals surface area contributed by atoms with E-state index in [4.69, 9.17) is 27.9 Å². The molecule has 0 amide bonds. The highest BCUT2D eigenvalue weighted by Crippen LogP contribution is 2.44. The molecule has 80 heavy (non-hydrogen) atoms. The molecule has 0 unspecified atom stereocenters. The zero-order chi connectivity index (χ0) is 55.0. The molecule has 3 aliphatic heterocycles. The predicted octanol–water partition coefficient (Wildman–Crippen LogP) is 16.5. The minimum atomic E-state index is -0.476. The van der Waals surface area contributed by atoms with E-state index in [9.17, 15) is 0 Å². The van der Waals surface area contributed by atoms with E-state index in [0.717, 1.165) is 21.1 Å². The average Bonchev–Trinajstić information content (AvgIpc) is 4.18. The van der Waals surface area contributed by atoms with Crippen LogP contribution in [0.25, 0.3) is 77.2 Å². The number of aromatic nitrogens is 2. The van der Waals surface area contributed by atoms with Crippen LogP contribution in [0.3, 0.4) is 0 Å². The fraction of sp³-hybridized carbons (Fsp3) is 0.284. The molecule has 10 aromatic rings. The van der Waals surface area contributed by atoms with E-state index in [2.05, 4.69) is 235 Å². The van der Waals surface area contributed by atoms with Crippen molar-refractivity contribution in [2.24, 2.45) is 0 Å². The Morgan fingerprint density at radius 3 is 1.04 bits per heavy atom. The van der Waals surface area contributed by atoms with Crippen LogP contribution in [0.1, 0.15) is 90.5 Å². The number of fused-ring (bicyclic) bond motifs is 6. The van der Waals surface area contributed by atoms with Gasteiger partial charge in [0.05, 0.1) is 55.7 Å². The summed E-state index contributed by atoms with van der Waals surface area (Å²) in [5.41, 5.74) is 10.9. The predicted molar refractivity (Wildman–Crippen MR) is 340 cm³/mol. The first-order valence-corrected chi connectivity index (χ1v) is 27.9. The van der Waals surface area contributed by atoms with Gasteiger partial charge < -0.3 is 37.1 Å². The zero-order valence-corrected chi connectivity index (χ0v) is 49.1. The summed E-state index contributed by atoms with van der Waals surface area (Å²) in [4.78, 5) is 0. The fourth-order valence-corrected chi connectivity index (χ4v) is 10.8. The normalized spacial score (nSPS) is 18.1. The summed E-state index contributed by atoms with van der Waals surface area (Å²) < 4.78 is 42.3. The van der Waals surface area contributed by atoms with Gasteiger partial charge in [-0.25, -0.2) is 0 Å². The molecular weight excluding hydrogens is 1050 g/mol. The Kier molecular flexibility index (Phi) is 16.1. The van der Waals surface area contributed by atoms with Gasteiger partial charge in [0, 0.05) is 45.8 Å². The summed E-state index contributed by atoms with van der Waals surface area (Å²) in [5.74, 6) is 0. The number of hydrogen-bond donors (Lipinski definition) is 0. The first-order valence-electron chi connectivity index (χ1n) is 27.1. The summed E-state index contributed by atoms with van der Waals surface area (Å²) in [7, 11) is -1.34. The third-order valence-corrected chi connectivity index (χ3v) is 17.6. The van der Waals surface area contributed by atoms with E-state index < -0.39 is 14.0 Å². The third-order valence-electron chi connectivity index (χ3n) is 17.1. The maximum absolute atomic E-state index is 6.35. The Balaban J connectivity index is 0.000000150. The van der Waals surface area contributed by atoms with E-state index >= 15 is 0 Å². The van der Waals surface area contributed by atoms with Gasteiger partial charge in [-0.1, -0.05) is 163 Å². The molecule has 3 radical (unpaired) electrons. The lowest BCUT2D eigenvalue weighted by Gasteiger charge is -2.32. The molecule has 0 atom stereocenters. The van der Waals surface area contributed by atoms with Gasteiger partial charge in [0.1, 0.15) is 0 Å². The highest BCUT2D eigenvalue weighted by atomic mass is 79.9. The standard InChI is InChI=1S/C30H28BNO2.C24H16BrN.C12H24B2O4.CH4.B/c1-29(2)30(3,4)34-31(33-29)23-16-19-26-25-12-8-9-13-27(25)32(28(26)20-23)24-17-14-22(15-18-24)21-10-6-5-7-11-21;25-19-12-15-22-21-8-4-5-9-23(21)26(24(22)16-19)20-13-10-18(11-14-20)17-6-2-1-3-7-17;1-9(2)10(3,4)16-13(15-9)14-17-11(5,6)12(7,8)18-14;;/h5-20H,1-4H3;1-16H;1-8H3;1H4;. The molecular formula is C67H72B4BrN2O6. The van der Waals surface area contributed by atoms with Gasteiger partial charge in [0.2, 0.25) is 0 Å². The first-order chi connectivity index (χ1) is 37.0. The Morgan fingerprint density at radius 1 is 0.325 bits per heavy atom. The average molecular weight is 1120 g/mol. The minimum absolute atomic E-state index is 0. The van der Waals surface area contributed by atoms with E-state index in [1.807, 2.05) is 67.5 Å². The summed E-state index contributed by atoms with van der Waals surface area (Å²) >= 11 is 3.63. The monoisotopic (exact) mass is 1120 g/mol. The maximum Gasteiger partial charge on any atom is 0.494 e. The third kappa shape index (κ3) is 10.8. The van der Waals surface area contributed by atoms with Crippen molar-refractivity contribution in [3.63, 3.8) is 0 Å². The second-order valence-corrected chi connectivity index (χ2v) is 24.7. The van der Waals surface area contributed by atoms with E-state index in [1.165, 1.54) is 66.0 Å². The second-order valence-electron chi connectivity index (χ2n) is 23.8. The number of nitrogens with zero attached hydrogens (tertiary/aromatic N) is 2. The summed E-state index contributed by atoms with van der Waals surface area (Å²) in [5, 5.41) is 5.02. The molecule has 13 rings (SSSR count). The lowest BCUT2D eigenvalue weighted by Crippen LogP contribution is -2.41. The molecule has 8 nitrogen and oxygen atoms in total. The van der Waals surface area contributed by atoms with Crippen molar-refractivity contribution in [3.8, 4) is 33.6 Å². The minimum Gasteiger partial charge on any atom is -0.405 e. The Labute approximate surface area is 485 Å². The molecule has 0 spiro atoms. The number of para-hydroxylation sites is 2. The van der Waals surface area contributed by atoms with Crippen molar-refractivity contribution in [3.05, 3.63) is 199 Å². The van der Waals surface area contributed by atoms with Crippen LogP contribution in [-0.4, -0.2) is 72.3 Å². The van der Waals surface area contributed by atoms with E-state index in [-0.39, 0.29) is 56.6 Å². The van der Waals surface area contributed by atoms with Crippen molar-refractivity contribution < 1.29 is 27.9 Å². The quantitative estimate of drug-likeness (QED) is 0.155. The van der Waals surface area contributed by atoms with Gasteiger partial charge in [-0.15, -0.1) is 0 Å². The lowest BCUT2D eigenvalue weighted by molar-refractivity contribution is 0.00578. The van der Waals surface area contributed by atoms with Crippen LogP contribution in [0, 0.1) is 0 Å². The summed E-state index contributed by atoms with van der Waals surface area (Å²) in [6.07, 6.45) is 0. The van der Waals surface area contributed by atoms with Crippen molar-refractivity contribution in [2.75, 3.05) is 0 Å². The van der Waals surface area contributed by atoms with Gasteiger partial charge in [-0.2, -0.15) is 0 Å². The molecule has 0 N–H and O–H groups in total. The SMILES string of the molecule is Brc1ccc2c3ccccc3n(-c3ccc(-c4ccccc4)cc3)c2c1.C.CC1(C)OB(B2OC(C)(C)C(C)(C)O2)OC1(C)C.CC1(C)OB(c2ccc3c4ccccc4n(-c4ccc(-c5ccccc5)cc4)c3c2)OC1(C)C.[B]. The summed E-state index contributed by atoms with van der Waals surface area (Å²) in [6.45, 7) is 24.6. The van der Waals surface area contributed by atoms with Gasteiger partial charge >= 0.3 is 21.1 Å². The molecule has 8 aromatic carbocycles. The molecule has 0 bridgehead atoms. The number of halogens is 1. The number of benzene rings is 8. The van der Waals surface area contributed by atoms with Crippen LogP contribution in [0.4, 0.5) is 0 Å². The molecule has 2 aromatic heterocycles. The van der Waals surface area contributed by atoms with Crippen LogP contribution >= 0.6 is 15.9 Å². The first kappa shape index (κ1) is 58.5. The smallest absolute Gasteiger partial charge is 0.405 e. The van der Waals surface area contributed by atoms with E-state index in [1.54, 1.807) is 0 Å². The molecule has 0 aliphatic carbocycles. The van der Waals surface area contributed by atoms with Crippen molar-refractivity contribution in [1.29, 1.82) is 0 Å². The maximum atomic E-state index is 6.35. The Bertz CT molecular complexity index is 3720. The molecule has 3 saturated heterocycles. The lowest BCUT2D eigenvalue weighted by atomic mass is 9.49. The van der Waals surface area contributed by atoms with Crippen LogP contribution < -0.4 is 5.46 Å². The van der Waals surface area contributed by atoms with Gasteiger partial charge in [0.15, 0.2) is 0 Å². The van der Waals surface area contributed by atoms with Crippen molar-refractivity contribution in [2.45, 2.75) is 124 Å². The molecule has 3 fully saturated rings. The van der Waals surface area contributed by atoms with Crippen LogP contribution in [0.5, 0.6) is 0 Å². The van der Waals surface area contributed by atoms with Crippen LogP contribution in [-0.2, 0) is 27.9 Å². The van der Waals surface area contributed by atoms with Crippen LogP contribution in [0.2, 0.25) is 0 Å². The van der Waals surface area contributed by atoms with Gasteiger partial charge in [-0.05, 0) is 165 Å². The number of hydrogen-bond acceptors (Lipinski definition) is 6. The van der Waals surface area contributed by atoms with Gasteiger partial charge in [0.25, 0.3) is 0 Å². The molecule has 5 heterocycles.